The zero-order chi connectivity index (χ0) is 26.4. The summed E-state index contributed by atoms with van der Waals surface area (Å²) >= 11 is 7.42. The molecule has 4 rings (SSSR count). The Morgan fingerprint density at radius 1 is 1.08 bits per heavy atom. The first-order valence-corrected chi connectivity index (χ1v) is 13.0. The normalized spacial score (nSPS) is 16.2. The molecule has 2 amide bonds. The molecule has 0 radical (unpaired) electrons. The number of aryl methyl sites for hydroxylation is 1. The molecule has 0 spiro atoms. The number of esters is 1. The number of anilines is 1. The van der Waals surface area contributed by atoms with E-state index in [2.05, 4.69) is 10.3 Å². The van der Waals surface area contributed by atoms with Gasteiger partial charge in [0.25, 0.3) is 0 Å². The summed E-state index contributed by atoms with van der Waals surface area (Å²) in [6.45, 7) is 4.26. The number of carbonyl (C=O) groups excluding carboxylic acids is 3. The number of rotatable bonds is 8. The Hall–Kier alpha value is -3.62. The number of aliphatic imine (C=N–C) groups is 1. The highest BCUT2D eigenvalue weighted by Crippen LogP contribution is 2.33. The summed E-state index contributed by atoms with van der Waals surface area (Å²) in [5, 5.41) is 3.25. The fourth-order valence-electron chi connectivity index (χ4n) is 3.68. The van der Waals surface area contributed by atoms with Crippen molar-refractivity contribution < 1.29 is 19.1 Å². The van der Waals surface area contributed by atoms with Gasteiger partial charge in [0.2, 0.25) is 11.8 Å². The summed E-state index contributed by atoms with van der Waals surface area (Å²) in [5.74, 6) is -0.878. The van der Waals surface area contributed by atoms with Gasteiger partial charge >= 0.3 is 5.97 Å². The first kappa shape index (κ1) is 26.4. The van der Waals surface area contributed by atoms with Gasteiger partial charge in [0.1, 0.15) is 5.25 Å². The van der Waals surface area contributed by atoms with Crippen molar-refractivity contribution in [1.82, 2.24) is 4.90 Å². The van der Waals surface area contributed by atoms with E-state index in [-0.39, 0.29) is 18.2 Å². The van der Waals surface area contributed by atoms with Crippen LogP contribution in [0, 0.1) is 6.92 Å². The van der Waals surface area contributed by atoms with Gasteiger partial charge in [0.15, 0.2) is 5.17 Å². The summed E-state index contributed by atoms with van der Waals surface area (Å²) < 4.78 is 5.03. The van der Waals surface area contributed by atoms with Crippen LogP contribution in [0.3, 0.4) is 0 Å². The Balaban J connectivity index is 1.53. The van der Waals surface area contributed by atoms with Gasteiger partial charge in [0.05, 0.1) is 24.4 Å². The van der Waals surface area contributed by atoms with Crippen LogP contribution in [0.1, 0.15) is 34.8 Å². The van der Waals surface area contributed by atoms with Crippen LogP contribution in [0.4, 0.5) is 11.4 Å². The number of thioether (sulfide) groups is 1. The predicted molar refractivity (Wildman–Crippen MR) is 147 cm³/mol. The lowest BCUT2D eigenvalue weighted by Crippen LogP contribution is -2.33. The molecule has 1 heterocycles. The Morgan fingerprint density at radius 2 is 1.81 bits per heavy atom. The second-order valence-corrected chi connectivity index (χ2v) is 9.97. The van der Waals surface area contributed by atoms with Crippen LogP contribution in [0.2, 0.25) is 5.02 Å². The number of nitrogens with one attached hydrogen (secondary N) is 1. The van der Waals surface area contributed by atoms with Gasteiger partial charge in [-0.25, -0.2) is 9.79 Å². The van der Waals surface area contributed by atoms with E-state index in [1.807, 2.05) is 43.3 Å². The highest BCUT2D eigenvalue weighted by atomic mass is 35.5. The maximum atomic E-state index is 13.4. The lowest BCUT2D eigenvalue weighted by molar-refractivity contribution is -0.128. The molecule has 0 saturated carbocycles. The highest BCUT2D eigenvalue weighted by Gasteiger charge is 2.39. The van der Waals surface area contributed by atoms with E-state index in [1.54, 1.807) is 48.2 Å². The predicted octanol–water partition coefficient (Wildman–Crippen LogP) is 5.99. The quantitative estimate of drug-likeness (QED) is 0.358. The van der Waals surface area contributed by atoms with Crippen LogP contribution in [-0.2, 0) is 20.9 Å². The molecule has 0 bridgehead atoms. The molecule has 3 aromatic carbocycles. The van der Waals surface area contributed by atoms with Crippen molar-refractivity contribution in [3.8, 4) is 0 Å². The van der Waals surface area contributed by atoms with Crippen molar-refractivity contribution >= 4 is 57.7 Å². The molecule has 1 N–H and O–H groups in total. The van der Waals surface area contributed by atoms with Crippen LogP contribution in [0.25, 0.3) is 0 Å². The molecule has 1 fully saturated rings. The van der Waals surface area contributed by atoms with Crippen LogP contribution in [-0.4, -0.2) is 39.7 Å². The average molecular weight is 536 g/mol. The smallest absolute Gasteiger partial charge is 0.338 e. The number of nitrogens with zero attached hydrogens (tertiary/aromatic N) is 2. The Kier molecular flexibility index (Phi) is 8.63. The number of carbonyl (C=O) groups is 3. The van der Waals surface area contributed by atoms with Crippen LogP contribution < -0.4 is 5.32 Å². The third-order valence-corrected chi connectivity index (χ3v) is 7.22. The monoisotopic (exact) mass is 535 g/mol. The first-order chi connectivity index (χ1) is 17.8. The minimum atomic E-state index is -0.623. The Bertz CT molecular complexity index is 1330. The van der Waals surface area contributed by atoms with E-state index >= 15 is 0 Å². The zero-order valence-corrected chi connectivity index (χ0v) is 22.0. The van der Waals surface area contributed by atoms with Gasteiger partial charge in [-0.2, -0.15) is 0 Å². The standard InChI is InChI=1S/C28H26ClN3O4S/c1-3-36-27(35)20-10-13-21(14-11-20)31-28-32(17-19-7-5-4-6-8-19)26(34)24(37-28)16-25(33)30-22-12-9-18(2)23(29)15-22/h4-15,24H,3,16-17H2,1-2H3,(H,30,33)/t24-/m1/s1. The lowest BCUT2D eigenvalue weighted by Gasteiger charge is -2.16. The van der Waals surface area contributed by atoms with Gasteiger partial charge < -0.3 is 10.1 Å². The largest absolute Gasteiger partial charge is 0.462 e. The number of amidine groups is 1. The fraction of sp³-hybridized carbons (Fsp3) is 0.214. The van der Waals surface area contributed by atoms with E-state index in [0.29, 0.717) is 40.3 Å². The fourth-order valence-corrected chi connectivity index (χ4v) is 5.02. The van der Waals surface area contributed by atoms with Crippen molar-refractivity contribution in [3.63, 3.8) is 0 Å². The van der Waals surface area contributed by atoms with Crippen molar-refractivity contribution in [2.75, 3.05) is 11.9 Å². The van der Waals surface area contributed by atoms with E-state index < -0.39 is 11.2 Å². The SMILES string of the molecule is CCOC(=O)c1ccc(N=C2S[C@H](CC(=O)Nc3ccc(C)c(Cl)c3)C(=O)N2Cc2ccccc2)cc1. The number of hydrogen-bond donors (Lipinski definition) is 1. The number of benzene rings is 3. The first-order valence-electron chi connectivity index (χ1n) is 11.8. The van der Waals surface area contributed by atoms with E-state index in [1.165, 1.54) is 11.8 Å². The van der Waals surface area contributed by atoms with E-state index in [0.717, 1.165) is 11.1 Å². The third-order valence-electron chi connectivity index (χ3n) is 5.63. The minimum Gasteiger partial charge on any atom is -0.462 e. The van der Waals surface area contributed by atoms with Gasteiger partial charge in [-0.05, 0) is 61.4 Å². The summed E-state index contributed by atoms with van der Waals surface area (Å²) in [5.41, 5.74) is 3.44. The molecule has 1 aliphatic heterocycles. The molecule has 0 aliphatic carbocycles. The molecule has 9 heteroatoms. The lowest BCUT2D eigenvalue weighted by atomic mass is 10.2. The molecule has 0 aromatic heterocycles. The summed E-state index contributed by atoms with van der Waals surface area (Å²) in [6.07, 6.45) is -0.0128. The molecule has 1 atom stereocenters. The topological polar surface area (TPSA) is 88.1 Å². The second kappa shape index (κ2) is 12.1. The molecule has 7 nitrogen and oxygen atoms in total. The maximum Gasteiger partial charge on any atom is 0.338 e. The minimum absolute atomic E-state index is 0.0128. The van der Waals surface area contributed by atoms with Crippen molar-refractivity contribution in [2.24, 2.45) is 4.99 Å². The third kappa shape index (κ3) is 6.78. The number of hydrogen-bond acceptors (Lipinski definition) is 6. The van der Waals surface area contributed by atoms with E-state index in [4.69, 9.17) is 16.3 Å². The Labute approximate surface area is 224 Å². The Morgan fingerprint density at radius 3 is 2.49 bits per heavy atom. The number of amides is 2. The van der Waals surface area contributed by atoms with Crippen LogP contribution in [0.15, 0.2) is 77.8 Å². The van der Waals surface area contributed by atoms with E-state index in [9.17, 15) is 14.4 Å². The van der Waals surface area contributed by atoms with Gasteiger partial charge in [0, 0.05) is 17.1 Å². The van der Waals surface area contributed by atoms with Crippen molar-refractivity contribution in [1.29, 1.82) is 0 Å². The molecule has 1 aliphatic rings. The number of ether oxygens (including phenoxy) is 1. The molecule has 1 saturated heterocycles. The highest BCUT2D eigenvalue weighted by molar-refractivity contribution is 8.15. The van der Waals surface area contributed by atoms with Gasteiger partial charge in [-0.3, -0.25) is 14.5 Å². The average Bonchev–Trinajstić information content (AvgIpc) is 3.16. The van der Waals surface area contributed by atoms with Gasteiger partial charge in [-0.1, -0.05) is 59.8 Å². The molecular formula is C28H26ClN3O4S. The molecule has 37 heavy (non-hydrogen) atoms. The number of halogens is 1. The summed E-state index contributed by atoms with van der Waals surface area (Å²) in [6, 6.07) is 21.6. The van der Waals surface area contributed by atoms with Crippen LogP contribution in [0.5, 0.6) is 0 Å². The second-order valence-electron chi connectivity index (χ2n) is 8.39. The van der Waals surface area contributed by atoms with Crippen molar-refractivity contribution in [2.45, 2.75) is 32.1 Å². The van der Waals surface area contributed by atoms with Crippen LogP contribution >= 0.6 is 23.4 Å². The maximum absolute atomic E-state index is 13.4. The van der Waals surface area contributed by atoms with Gasteiger partial charge in [-0.15, -0.1) is 0 Å². The molecule has 190 valence electrons. The van der Waals surface area contributed by atoms with Crippen molar-refractivity contribution in [3.05, 3.63) is 94.5 Å². The molecule has 3 aromatic rings. The molecule has 0 unspecified atom stereocenters. The zero-order valence-electron chi connectivity index (χ0n) is 20.4. The summed E-state index contributed by atoms with van der Waals surface area (Å²) in [7, 11) is 0. The summed E-state index contributed by atoms with van der Waals surface area (Å²) in [4.78, 5) is 44.4. The molecular weight excluding hydrogens is 510 g/mol.